The van der Waals surface area contributed by atoms with Gasteiger partial charge in [0.1, 0.15) is 0 Å². The van der Waals surface area contributed by atoms with Crippen molar-refractivity contribution >= 4 is 0 Å². The van der Waals surface area contributed by atoms with Crippen LogP contribution in [0, 0.1) is 0 Å². The van der Waals surface area contributed by atoms with Crippen molar-refractivity contribution in [2.24, 2.45) is 5.90 Å². The first-order chi connectivity index (χ1) is 4.33. The second-order valence-electron chi connectivity index (χ2n) is 2.12. The third-order valence-electron chi connectivity index (χ3n) is 1.37. The van der Waals surface area contributed by atoms with Gasteiger partial charge in [0.05, 0.1) is 12.7 Å². The summed E-state index contributed by atoms with van der Waals surface area (Å²) in [5.74, 6) is 4.79. The Labute approximate surface area is 53.5 Å². The zero-order valence-electron chi connectivity index (χ0n) is 5.12. The Morgan fingerprint density at radius 2 is 2.44 bits per heavy atom. The average Bonchev–Trinajstić information content (AvgIpc) is 2.17. The van der Waals surface area contributed by atoms with Gasteiger partial charge >= 0.3 is 0 Å². The normalized spacial score (nSPS) is 35.3. The molecule has 1 saturated heterocycles. The molecule has 0 aliphatic carbocycles. The first-order valence-corrected chi connectivity index (χ1v) is 2.98. The molecule has 0 radical (unpaired) electrons. The minimum atomic E-state index is -0.606. The van der Waals surface area contributed by atoms with E-state index in [1.807, 2.05) is 0 Å². The molecule has 1 heterocycles. The Kier molecular flexibility index (Phi) is 2.41. The predicted molar refractivity (Wildman–Crippen MR) is 30.3 cm³/mol. The summed E-state index contributed by atoms with van der Waals surface area (Å²) in [5, 5.41) is 8.81. The highest BCUT2D eigenvalue weighted by atomic mass is 16.7. The quantitative estimate of drug-likeness (QED) is 0.492. The second kappa shape index (κ2) is 3.12. The Hall–Kier alpha value is -0.160. The summed E-state index contributed by atoms with van der Waals surface area (Å²) < 4.78 is 4.95. The van der Waals surface area contributed by atoms with E-state index in [0.29, 0.717) is 13.0 Å². The molecule has 9 heavy (non-hydrogen) atoms. The highest BCUT2D eigenvalue weighted by Crippen LogP contribution is 2.16. The Morgan fingerprint density at radius 1 is 1.67 bits per heavy atom. The Balaban J connectivity index is 2.14. The number of nitrogens with two attached hydrogens (primary N) is 1. The van der Waals surface area contributed by atoms with E-state index in [4.69, 9.17) is 15.7 Å². The van der Waals surface area contributed by atoms with Crippen LogP contribution in [0.3, 0.4) is 0 Å². The van der Waals surface area contributed by atoms with Crippen molar-refractivity contribution in [3.05, 3.63) is 0 Å². The topological polar surface area (TPSA) is 64.7 Å². The summed E-state index contributed by atoms with van der Waals surface area (Å²) in [6.07, 6.45) is 0.905. The van der Waals surface area contributed by atoms with Gasteiger partial charge in [-0.1, -0.05) is 0 Å². The van der Waals surface area contributed by atoms with E-state index in [2.05, 4.69) is 4.84 Å². The molecule has 1 fully saturated rings. The standard InChI is InChI=1S/C5H11NO3/c6-8-3-4-1-2-5(7)9-4/h4-5,7H,1-3,6H2. The fourth-order valence-corrected chi connectivity index (χ4v) is 0.917. The van der Waals surface area contributed by atoms with Crippen LogP contribution in [0.1, 0.15) is 12.8 Å². The van der Waals surface area contributed by atoms with Gasteiger partial charge in [-0.3, -0.25) is 0 Å². The molecule has 0 bridgehead atoms. The molecular formula is C5H11NO3. The zero-order valence-corrected chi connectivity index (χ0v) is 5.12. The Bertz CT molecular complexity index is 86.3. The van der Waals surface area contributed by atoms with Crippen molar-refractivity contribution in [2.45, 2.75) is 25.2 Å². The molecule has 0 aromatic rings. The van der Waals surface area contributed by atoms with Crippen molar-refractivity contribution < 1.29 is 14.7 Å². The molecule has 0 aromatic carbocycles. The Morgan fingerprint density at radius 3 is 2.89 bits per heavy atom. The van der Waals surface area contributed by atoms with Crippen LogP contribution in [0.25, 0.3) is 0 Å². The molecule has 1 rings (SSSR count). The molecule has 54 valence electrons. The van der Waals surface area contributed by atoms with Gasteiger partial charge in [0.2, 0.25) is 0 Å². The summed E-state index contributed by atoms with van der Waals surface area (Å²) in [7, 11) is 0. The van der Waals surface area contributed by atoms with E-state index in [1.165, 1.54) is 0 Å². The first-order valence-electron chi connectivity index (χ1n) is 2.98. The van der Waals surface area contributed by atoms with Crippen LogP contribution in [0.5, 0.6) is 0 Å². The average molecular weight is 133 g/mol. The highest BCUT2D eigenvalue weighted by Gasteiger charge is 2.22. The van der Waals surface area contributed by atoms with Crippen molar-refractivity contribution in [1.82, 2.24) is 0 Å². The van der Waals surface area contributed by atoms with Gasteiger partial charge < -0.3 is 14.7 Å². The zero-order chi connectivity index (χ0) is 6.69. The molecule has 0 saturated carbocycles. The van der Waals surface area contributed by atoms with Crippen LogP contribution in [-0.4, -0.2) is 24.1 Å². The highest BCUT2D eigenvalue weighted by molar-refractivity contribution is 4.65. The smallest absolute Gasteiger partial charge is 0.155 e. The van der Waals surface area contributed by atoms with E-state index in [0.717, 1.165) is 6.42 Å². The van der Waals surface area contributed by atoms with E-state index in [9.17, 15) is 0 Å². The summed E-state index contributed by atoms with van der Waals surface area (Å²) in [6, 6.07) is 0. The molecule has 1 aliphatic rings. The van der Waals surface area contributed by atoms with Crippen molar-refractivity contribution in [3.8, 4) is 0 Å². The van der Waals surface area contributed by atoms with Gasteiger partial charge in [0, 0.05) is 6.42 Å². The van der Waals surface area contributed by atoms with Crippen LogP contribution in [0.15, 0.2) is 0 Å². The number of rotatable bonds is 2. The molecule has 1 aliphatic heterocycles. The summed E-state index contributed by atoms with van der Waals surface area (Å²) >= 11 is 0. The lowest BCUT2D eigenvalue weighted by molar-refractivity contribution is -0.108. The fourth-order valence-electron chi connectivity index (χ4n) is 0.917. The van der Waals surface area contributed by atoms with Gasteiger partial charge in [-0.2, -0.15) is 0 Å². The first kappa shape index (κ1) is 6.95. The number of aliphatic hydroxyl groups is 1. The third kappa shape index (κ3) is 1.91. The van der Waals surface area contributed by atoms with E-state index < -0.39 is 6.29 Å². The molecule has 0 spiro atoms. The minimum absolute atomic E-state index is 0.00926. The summed E-state index contributed by atoms with van der Waals surface area (Å²) in [4.78, 5) is 4.34. The molecule has 2 atom stereocenters. The van der Waals surface area contributed by atoms with Crippen molar-refractivity contribution in [3.63, 3.8) is 0 Å². The maximum absolute atomic E-state index is 8.81. The lowest BCUT2D eigenvalue weighted by Crippen LogP contribution is -2.18. The molecular weight excluding hydrogens is 122 g/mol. The number of ether oxygens (including phenoxy) is 1. The second-order valence-corrected chi connectivity index (χ2v) is 2.12. The van der Waals surface area contributed by atoms with E-state index in [-0.39, 0.29) is 6.10 Å². The van der Waals surface area contributed by atoms with Gasteiger partial charge in [0.25, 0.3) is 0 Å². The van der Waals surface area contributed by atoms with Gasteiger partial charge in [0.15, 0.2) is 6.29 Å². The lowest BCUT2D eigenvalue weighted by Gasteiger charge is -2.06. The summed E-state index contributed by atoms with van der Waals surface area (Å²) in [6.45, 7) is 0.372. The molecule has 0 aromatic heterocycles. The van der Waals surface area contributed by atoms with Crippen LogP contribution in [-0.2, 0) is 9.57 Å². The minimum Gasteiger partial charge on any atom is -0.368 e. The number of hydrogen-bond acceptors (Lipinski definition) is 4. The molecule has 2 unspecified atom stereocenters. The van der Waals surface area contributed by atoms with E-state index in [1.54, 1.807) is 0 Å². The van der Waals surface area contributed by atoms with Crippen LogP contribution >= 0.6 is 0 Å². The van der Waals surface area contributed by atoms with Gasteiger partial charge in [-0.25, -0.2) is 5.90 Å². The van der Waals surface area contributed by atoms with Gasteiger partial charge in [-0.15, -0.1) is 0 Å². The molecule has 4 heteroatoms. The third-order valence-corrected chi connectivity index (χ3v) is 1.37. The maximum atomic E-state index is 8.81. The molecule has 3 N–H and O–H groups in total. The molecule has 0 amide bonds. The maximum Gasteiger partial charge on any atom is 0.155 e. The van der Waals surface area contributed by atoms with Crippen molar-refractivity contribution in [1.29, 1.82) is 0 Å². The SMILES string of the molecule is NOCC1CCC(O)O1. The molecule has 4 nitrogen and oxygen atoms in total. The predicted octanol–water partition coefficient (Wildman–Crippen LogP) is -0.626. The monoisotopic (exact) mass is 133 g/mol. The van der Waals surface area contributed by atoms with Crippen LogP contribution in [0.2, 0.25) is 0 Å². The van der Waals surface area contributed by atoms with E-state index >= 15 is 0 Å². The van der Waals surface area contributed by atoms with Crippen LogP contribution in [0.4, 0.5) is 0 Å². The fraction of sp³-hybridized carbons (Fsp3) is 1.00. The van der Waals surface area contributed by atoms with Crippen molar-refractivity contribution in [2.75, 3.05) is 6.61 Å². The van der Waals surface area contributed by atoms with Crippen LogP contribution < -0.4 is 5.90 Å². The lowest BCUT2D eigenvalue weighted by atomic mass is 10.2. The number of hydrogen-bond donors (Lipinski definition) is 2. The number of aliphatic hydroxyl groups excluding tert-OH is 1. The largest absolute Gasteiger partial charge is 0.368 e. The summed E-state index contributed by atoms with van der Waals surface area (Å²) in [5.41, 5.74) is 0. The van der Waals surface area contributed by atoms with Gasteiger partial charge in [-0.05, 0) is 6.42 Å².